The summed E-state index contributed by atoms with van der Waals surface area (Å²) in [6.07, 6.45) is 2.43. The summed E-state index contributed by atoms with van der Waals surface area (Å²) in [4.78, 5) is 0. The van der Waals surface area contributed by atoms with Crippen molar-refractivity contribution < 1.29 is 5.11 Å². The fourth-order valence-electron chi connectivity index (χ4n) is 1.41. The van der Waals surface area contributed by atoms with Crippen molar-refractivity contribution in [3.63, 3.8) is 0 Å². The van der Waals surface area contributed by atoms with Crippen molar-refractivity contribution in [2.75, 3.05) is 6.54 Å². The molecular formula is C12H19NO. The van der Waals surface area contributed by atoms with Crippen LogP contribution in [0.15, 0.2) is 24.3 Å². The number of nitrogens with one attached hydrogen (secondary N) is 1. The molecule has 0 saturated carbocycles. The Morgan fingerprint density at radius 2 is 1.93 bits per heavy atom. The highest BCUT2D eigenvalue weighted by atomic mass is 16.3. The summed E-state index contributed by atoms with van der Waals surface area (Å²) in [7, 11) is 0. The standard InChI is InChI=1S/C12H19NO/c1-2-3-8-13-9-11-6-4-5-7-12(11)10-14/h4-7,13-14H,2-3,8-10H2,1H3. The Balaban J connectivity index is 2.41. The molecule has 0 unspecified atom stereocenters. The molecule has 1 aromatic rings. The van der Waals surface area contributed by atoms with Gasteiger partial charge < -0.3 is 10.4 Å². The molecular weight excluding hydrogens is 174 g/mol. The Labute approximate surface area is 86.0 Å². The molecule has 0 aliphatic rings. The van der Waals surface area contributed by atoms with Gasteiger partial charge in [0.1, 0.15) is 0 Å². The lowest BCUT2D eigenvalue weighted by Gasteiger charge is -2.07. The minimum Gasteiger partial charge on any atom is -0.392 e. The van der Waals surface area contributed by atoms with E-state index in [1.165, 1.54) is 18.4 Å². The van der Waals surface area contributed by atoms with E-state index in [9.17, 15) is 0 Å². The van der Waals surface area contributed by atoms with E-state index in [1.807, 2.05) is 18.2 Å². The largest absolute Gasteiger partial charge is 0.392 e. The minimum absolute atomic E-state index is 0.131. The zero-order valence-corrected chi connectivity index (χ0v) is 8.79. The van der Waals surface area contributed by atoms with Gasteiger partial charge in [-0.15, -0.1) is 0 Å². The van der Waals surface area contributed by atoms with Crippen LogP contribution in [0.25, 0.3) is 0 Å². The van der Waals surface area contributed by atoms with Gasteiger partial charge in [-0.05, 0) is 24.1 Å². The van der Waals surface area contributed by atoms with Gasteiger partial charge in [0.05, 0.1) is 6.61 Å². The number of hydrogen-bond acceptors (Lipinski definition) is 2. The smallest absolute Gasteiger partial charge is 0.0685 e. The number of benzene rings is 1. The average Bonchev–Trinajstić information content (AvgIpc) is 2.25. The first-order valence-electron chi connectivity index (χ1n) is 5.26. The van der Waals surface area contributed by atoms with E-state index in [0.717, 1.165) is 18.7 Å². The molecule has 0 aliphatic carbocycles. The summed E-state index contributed by atoms with van der Waals surface area (Å²) in [6.45, 7) is 4.22. The van der Waals surface area contributed by atoms with Crippen LogP contribution in [0.2, 0.25) is 0 Å². The molecule has 0 radical (unpaired) electrons. The Hall–Kier alpha value is -0.860. The van der Waals surface area contributed by atoms with Crippen LogP contribution in [0, 0.1) is 0 Å². The molecule has 0 saturated heterocycles. The zero-order chi connectivity index (χ0) is 10.2. The summed E-state index contributed by atoms with van der Waals surface area (Å²) in [5.74, 6) is 0. The van der Waals surface area contributed by atoms with Crippen LogP contribution < -0.4 is 5.32 Å². The van der Waals surface area contributed by atoms with E-state index in [4.69, 9.17) is 5.11 Å². The molecule has 78 valence electrons. The summed E-state index contributed by atoms with van der Waals surface area (Å²) in [6, 6.07) is 8.00. The predicted octanol–water partition coefficient (Wildman–Crippen LogP) is 2.07. The summed E-state index contributed by atoms with van der Waals surface area (Å²) in [5, 5.41) is 12.5. The van der Waals surface area contributed by atoms with Crippen LogP contribution in [0.3, 0.4) is 0 Å². The SMILES string of the molecule is CCCCNCc1ccccc1CO. The third kappa shape index (κ3) is 3.48. The van der Waals surface area contributed by atoms with Crippen LogP contribution in [-0.2, 0) is 13.2 Å². The van der Waals surface area contributed by atoms with Gasteiger partial charge in [0.2, 0.25) is 0 Å². The zero-order valence-electron chi connectivity index (χ0n) is 8.79. The Bertz CT molecular complexity index is 260. The van der Waals surface area contributed by atoms with Crippen molar-refractivity contribution in [3.8, 4) is 0 Å². The van der Waals surface area contributed by atoms with E-state index < -0.39 is 0 Å². The van der Waals surface area contributed by atoms with Gasteiger partial charge in [-0.3, -0.25) is 0 Å². The van der Waals surface area contributed by atoms with Gasteiger partial charge in [-0.25, -0.2) is 0 Å². The molecule has 2 N–H and O–H groups in total. The summed E-state index contributed by atoms with van der Waals surface area (Å²) >= 11 is 0. The second-order valence-electron chi connectivity index (χ2n) is 3.46. The molecule has 2 heteroatoms. The Kier molecular flexibility index (Phi) is 5.27. The number of hydrogen-bond donors (Lipinski definition) is 2. The average molecular weight is 193 g/mol. The second kappa shape index (κ2) is 6.57. The van der Waals surface area contributed by atoms with Crippen LogP contribution in [0.5, 0.6) is 0 Å². The van der Waals surface area contributed by atoms with E-state index in [1.54, 1.807) is 0 Å². The first kappa shape index (κ1) is 11.2. The molecule has 0 fully saturated rings. The Morgan fingerprint density at radius 1 is 1.21 bits per heavy atom. The van der Waals surface area contributed by atoms with Gasteiger partial charge in [0.15, 0.2) is 0 Å². The quantitative estimate of drug-likeness (QED) is 0.678. The van der Waals surface area contributed by atoms with Crippen LogP contribution in [-0.4, -0.2) is 11.7 Å². The van der Waals surface area contributed by atoms with Crippen molar-refractivity contribution in [3.05, 3.63) is 35.4 Å². The van der Waals surface area contributed by atoms with Crippen molar-refractivity contribution in [1.29, 1.82) is 0 Å². The van der Waals surface area contributed by atoms with E-state index in [0.29, 0.717) is 0 Å². The summed E-state index contributed by atoms with van der Waals surface area (Å²) < 4.78 is 0. The molecule has 0 atom stereocenters. The number of aliphatic hydroxyl groups is 1. The van der Waals surface area contributed by atoms with Gasteiger partial charge in [0, 0.05) is 6.54 Å². The Morgan fingerprint density at radius 3 is 2.57 bits per heavy atom. The predicted molar refractivity (Wildman–Crippen MR) is 59.0 cm³/mol. The first-order valence-corrected chi connectivity index (χ1v) is 5.26. The fourth-order valence-corrected chi connectivity index (χ4v) is 1.41. The molecule has 2 nitrogen and oxygen atoms in total. The molecule has 14 heavy (non-hydrogen) atoms. The van der Waals surface area contributed by atoms with Crippen LogP contribution in [0.1, 0.15) is 30.9 Å². The normalized spacial score (nSPS) is 10.4. The highest BCUT2D eigenvalue weighted by Crippen LogP contribution is 2.07. The maximum atomic E-state index is 9.09. The lowest BCUT2D eigenvalue weighted by atomic mass is 10.1. The third-order valence-electron chi connectivity index (χ3n) is 2.31. The monoisotopic (exact) mass is 193 g/mol. The van der Waals surface area contributed by atoms with Gasteiger partial charge in [-0.1, -0.05) is 37.6 Å². The number of aliphatic hydroxyl groups excluding tert-OH is 1. The summed E-state index contributed by atoms with van der Waals surface area (Å²) in [5.41, 5.74) is 2.22. The van der Waals surface area contributed by atoms with Gasteiger partial charge in [0.25, 0.3) is 0 Å². The van der Waals surface area contributed by atoms with Gasteiger partial charge >= 0.3 is 0 Å². The number of unbranched alkanes of at least 4 members (excludes halogenated alkanes) is 1. The van der Waals surface area contributed by atoms with Crippen LogP contribution >= 0.6 is 0 Å². The molecule has 0 aliphatic heterocycles. The van der Waals surface area contributed by atoms with Crippen molar-refractivity contribution in [2.45, 2.75) is 32.9 Å². The van der Waals surface area contributed by atoms with Gasteiger partial charge in [-0.2, -0.15) is 0 Å². The minimum atomic E-state index is 0.131. The maximum absolute atomic E-state index is 9.09. The van der Waals surface area contributed by atoms with Crippen LogP contribution in [0.4, 0.5) is 0 Å². The lowest BCUT2D eigenvalue weighted by molar-refractivity contribution is 0.280. The van der Waals surface area contributed by atoms with E-state index in [-0.39, 0.29) is 6.61 Å². The maximum Gasteiger partial charge on any atom is 0.0685 e. The van der Waals surface area contributed by atoms with E-state index in [2.05, 4.69) is 18.3 Å². The molecule has 0 aromatic heterocycles. The molecule has 0 spiro atoms. The highest BCUT2D eigenvalue weighted by molar-refractivity contribution is 5.26. The van der Waals surface area contributed by atoms with Crippen molar-refractivity contribution >= 4 is 0 Å². The first-order chi connectivity index (χ1) is 6.88. The third-order valence-corrected chi connectivity index (χ3v) is 2.31. The second-order valence-corrected chi connectivity index (χ2v) is 3.46. The van der Waals surface area contributed by atoms with Crippen molar-refractivity contribution in [1.82, 2.24) is 5.32 Å². The van der Waals surface area contributed by atoms with E-state index >= 15 is 0 Å². The molecule has 0 amide bonds. The fraction of sp³-hybridized carbons (Fsp3) is 0.500. The number of rotatable bonds is 6. The highest BCUT2D eigenvalue weighted by Gasteiger charge is 1.98. The molecule has 0 bridgehead atoms. The molecule has 1 rings (SSSR count). The lowest BCUT2D eigenvalue weighted by Crippen LogP contribution is -2.15. The molecule has 0 heterocycles. The topological polar surface area (TPSA) is 32.3 Å². The molecule has 1 aromatic carbocycles. The van der Waals surface area contributed by atoms with Crippen molar-refractivity contribution in [2.24, 2.45) is 0 Å².